The van der Waals surface area contributed by atoms with Crippen molar-refractivity contribution in [3.63, 3.8) is 0 Å². The van der Waals surface area contributed by atoms with Gasteiger partial charge in [0.2, 0.25) is 0 Å². The minimum absolute atomic E-state index is 0.328. The van der Waals surface area contributed by atoms with Crippen LogP contribution in [-0.2, 0) is 0 Å². The van der Waals surface area contributed by atoms with Crippen LogP contribution in [0.5, 0.6) is 0 Å². The van der Waals surface area contributed by atoms with E-state index in [-0.39, 0.29) is 0 Å². The van der Waals surface area contributed by atoms with Crippen molar-refractivity contribution in [2.24, 2.45) is 5.92 Å². The van der Waals surface area contributed by atoms with Crippen LogP contribution >= 0.6 is 7.92 Å². The average Bonchev–Trinajstić information content (AvgIpc) is 2.31. The first-order valence-corrected chi connectivity index (χ1v) is 7.01. The maximum absolute atomic E-state index is 5.84. The van der Waals surface area contributed by atoms with Crippen LogP contribution in [0.25, 0.3) is 0 Å². The minimum atomic E-state index is 0.328. The van der Waals surface area contributed by atoms with Crippen LogP contribution in [0.2, 0.25) is 5.82 Å². The lowest BCUT2D eigenvalue weighted by Gasteiger charge is -2.11. The molecule has 1 aliphatic rings. The standard InChI is InChI=1S/C9H18BP/c1-11(2)6-5-8-3-4-9(10)7-8/h8-9H,3-7H2,1-2H3. The summed E-state index contributed by atoms with van der Waals surface area (Å²) in [6.45, 7) is 4.73. The third kappa shape index (κ3) is 3.60. The molecule has 0 N–H and O–H groups in total. The first-order chi connectivity index (χ1) is 5.18. The smallest absolute Gasteiger partial charge is 0.0699 e. The molecule has 0 aromatic rings. The van der Waals surface area contributed by atoms with Gasteiger partial charge in [0.15, 0.2) is 0 Å². The van der Waals surface area contributed by atoms with Gasteiger partial charge in [-0.2, -0.15) is 0 Å². The van der Waals surface area contributed by atoms with Crippen molar-refractivity contribution < 1.29 is 0 Å². The van der Waals surface area contributed by atoms with Gasteiger partial charge in [-0.1, -0.05) is 25.1 Å². The molecule has 0 aromatic heterocycles. The summed E-state index contributed by atoms with van der Waals surface area (Å²) in [6.07, 6.45) is 6.85. The first-order valence-electron chi connectivity index (χ1n) is 4.59. The summed E-state index contributed by atoms with van der Waals surface area (Å²) in [5.74, 6) is 1.50. The van der Waals surface area contributed by atoms with Gasteiger partial charge in [-0.25, -0.2) is 0 Å². The van der Waals surface area contributed by atoms with Crippen LogP contribution in [0.15, 0.2) is 0 Å². The van der Waals surface area contributed by atoms with E-state index in [2.05, 4.69) is 13.3 Å². The van der Waals surface area contributed by atoms with E-state index in [9.17, 15) is 0 Å². The van der Waals surface area contributed by atoms with Gasteiger partial charge in [-0.05, 0) is 31.8 Å². The Morgan fingerprint density at radius 1 is 1.36 bits per heavy atom. The van der Waals surface area contributed by atoms with Crippen molar-refractivity contribution in [1.29, 1.82) is 0 Å². The Labute approximate surface area is 73.3 Å². The van der Waals surface area contributed by atoms with Gasteiger partial charge in [0.25, 0.3) is 0 Å². The molecule has 2 atom stereocenters. The van der Waals surface area contributed by atoms with E-state index in [1.165, 1.54) is 31.8 Å². The second-order valence-corrected chi connectivity index (χ2v) is 6.64. The zero-order valence-electron chi connectivity index (χ0n) is 7.71. The number of hydrogen-bond acceptors (Lipinski definition) is 0. The fraction of sp³-hybridized carbons (Fsp3) is 1.00. The second kappa shape index (κ2) is 4.50. The second-order valence-electron chi connectivity index (χ2n) is 4.03. The van der Waals surface area contributed by atoms with E-state index >= 15 is 0 Å². The molecular weight excluding hydrogens is 150 g/mol. The fourth-order valence-corrected chi connectivity index (χ4v) is 2.70. The maximum Gasteiger partial charge on any atom is 0.0699 e. The van der Waals surface area contributed by atoms with E-state index in [1.807, 2.05) is 0 Å². The number of rotatable bonds is 3. The van der Waals surface area contributed by atoms with Gasteiger partial charge < -0.3 is 0 Å². The van der Waals surface area contributed by atoms with E-state index < -0.39 is 0 Å². The molecular formula is C9H18BP. The molecule has 1 aliphatic carbocycles. The molecule has 0 nitrogen and oxygen atoms in total. The Hall–Kier alpha value is 0.495. The highest BCUT2D eigenvalue weighted by molar-refractivity contribution is 7.55. The molecule has 0 amide bonds. The summed E-state index contributed by atoms with van der Waals surface area (Å²) < 4.78 is 0. The average molecular weight is 168 g/mol. The molecule has 11 heavy (non-hydrogen) atoms. The molecule has 1 fully saturated rings. The van der Waals surface area contributed by atoms with Crippen molar-refractivity contribution in [1.82, 2.24) is 0 Å². The highest BCUT2D eigenvalue weighted by atomic mass is 31.1. The quantitative estimate of drug-likeness (QED) is 0.449. The highest BCUT2D eigenvalue weighted by Crippen LogP contribution is 2.37. The van der Waals surface area contributed by atoms with E-state index in [4.69, 9.17) is 7.85 Å². The largest absolute Gasteiger partial charge is 0.113 e. The van der Waals surface area contributed by atoms with Gasteiger partial charge in [0.1, 0.15) is 0 Å². The van der Waals surface area contributed by atoms with Gasteiger partial charge in [0.05, 0.1) is 7.85 Å². The van der Waals surface area contributed by atoms with Gasteiger partial charge in [-0.15, -0.1) is 7.92 Å². The van der Waals surface area contributed by atoms with Crippen LogP contribution in [0.4, 0.5) is 0 Å². The fourth-order valence-electron chi connectivity index (χ4n) is 1.82. The summed E-state index contributed by atoms with van der Waals surface area (Å²) >= 11 is 0. The normalized spacial score (nSPS) is 31.5. The summed E-state index contributed by atoms with van der Waals surface area (Å²) in [7, 11) is 6.17. The minimum Gasteiger partial charge on any atom is -0.113 e. The predicted octanol–water partition coefficient (Wildman–Crippen LogP) is 2.88. The molecule has 62 valence electrons. The summed E-state index contributed by atoms with van der Waals surface area (Å²) in [6, 6.07) is 0. The molecule has 0 aromatic carbocycles. The zero-order chi connectivity index (χ0) is 8.27. The maximum atomic E-state index is 5.84. The highest BCUT2D eigenvalue weighted by Gasteiger charge is 2.20. The SMILES string of the molecule is [B]C1CCC(CCP(C)C)C1. The van der Waals surface area contributed by atoms with E-state index in [0.29, 0.717) is 13.7 Å². The molecule has 0 spiro atoms. The van der Waals surface area contributed by atoms with Crippen molar-refractivity contribution in [3.8, 4) is 0 Å². The Kier molecular flexibility index (Phi) is 3.92. The van der Waals surface area contributed by atoms with Crippen LogP contribution in [-0.4, -0.2) is 27.3 Å². The monoisotopic (exact) mass is 168 g/mol. The van der Waals surface area contributed by atoms with Gasteiger partial charge in [-0.3, -0.25) is 0 Å². The molecule has 2 heteroatoms. The van der Waals surface area contributed by atoms with Gasteiger partial charge in [0, 0.05) is 0 Å². The van der Waals surface area contributed by atoms with Crippen LogP contribution in [0.1, 0.15) is 25.7 Å². The third-order valence-electron chi connectivity index (χ3n) is 2.57. The number of hydrogen-bond donors (Lipinski definition) is 0. The molecule has 0 heterocycles. The van der Waals surface area contributed by atoms with Crippen molar-refractivity contribution in [2.45, 2.75) is 31.5 Å². The van der Waals surface area contributed by atoms with E-state index in [0.717, 1.165) is 5.92 Å². The molecule has 1 rings (SSSR count). The zero-order valence-corrected chi connectivity index (χ0v) is 8.61. The van der Waals surface area contributed by atoms with Crippen molar-refractivity contribution >= 4 is 15.8 Å². The molecule has 1 saturated carbocycles. The Balaban J connectivity index is 2.08. The van der Waals surface area contributed by atoms with E-state index in [1.54, 1.807) is 0 Å². The van der Waals surface area contributed by atoms with Crippen LogP contribution in [0.3, 0.4) is 0 Å². The molecule has 2 unspecified atom stereocenters. The topological polar surface area (TPSA) is 0 Å². The summed E-state index contributed by atoms with van der Waals surface area (Å²) in [5, 5.41) is 0. The van der Waals surface area contributed by atoms with Crippen molar-refractivity contribution in [3.05, 3.63) is 0 Å². The molecule has 2 radical (unpaired) electrons. The van der Waals surface area contributed by atoms with Gasteiger partial charge >= 0.3 is 0 Å². The summed E-state index contributed by atoms with van der Waals surface area (Å²) in [4.78, 5) is 0. The Morgan fingerprint density at radius 3 is 2.55 bits per heavy atom. The lowest BCUT2D eigenvalue weighted by atomic mass is 9.85. The lowest BCUT2D eigenvalue weighted by molar-refractivity contribution is 0.534. The predicted molar refractivity (Wildman–Crippen MR) is 55.1 cm³/mol. The van der Waals surface area contributed by atoms with Crippen LogP contribution < -0.4 is 0 Å². The Bertz CT molecular complexity index is 114. The van der Waals surface area contributed by atoms with Crippen LogP contribution in [0, 0.1) is 5.92 Å². The summed E-state index contributed by atoms with van der Waals surface area (Å²) in [5.41, 5.74) is 0. The Morgan fingerprint density at radius 2 is 2.09 bits per heavy atom. The molecule has 0 saturated heterocycles. The lowest BCUT2D eigenvalue weighted by Crippen LogP contribution is -1.96. The third-order valence-corrected chi connectivity index (χ3v) is 3.72. The first kappa shape index (κ1) is 9.58. The van der Waals surface area contributed by atoms with Crippen molar-refractivity contribution in [2.75, 3.05) is 19.5 Å². The molecule has 0 bridgehead atoms. The molecule has 0 aliphatic heterocycles.